The van der Waals surface area contributed by atoms with Crippen molar-refractivity contribution in [2.24, 2.45) is 0 Å². The average Bonchev–Trinajstić information content (AvgIpc) is 3.01. The van der Waals surface area contributed by atoms with Crippen LogP contribution < -0.4 is 16.6 Å². The van der Waals surface area contributed by atoms with E-state index >= 15 is 0 Å². The number of fused-ring (bicyclic) bond motifs is 1. The minimum atomic E-state index is -0.586. The molecule has 3 heterocycles. The first-order chi connectivity index (χ1) is 20.5. The summed E-state index contributed by atoms with van der Waals surface area (Å²) >= 11 is 1.85. The number of nitrogens with one attached hydrogen (secondary N) is 1. The number of carbonyl (C=O) groups is 1. The average molecular weight is 595 g/mol. The topological polar surface area (TPSA) is 86.0 Å². The highest BCUT2D eigenvalue weighted by atomic mass is 32.2. The van der Waals surface area contributed by atoms with Crippen LogP contribution in [-0.2, 0) is 6.42 Å². The van der Waals surface area contributed by atoms with Crippen molar-refractivity contribution < 1.29 is 9.18 Å². The van der Waals surface area contributed by atoms with E-state index in [-0.39, 0.29) is 40.8 Å². The van der Waals surface area contributed by atoms with Crippen LogP contribution in [0.4, 0.5) is 4.39 Å². The van der Waals surface area contributed by atoms with Crippen LogP contribution in [0, 0.1) is 5.82 Å². The standard InChI is InChI=1S/C33H43FN4O3S/c1-2-3-4-5-6-7-8-23-9-11-24(12-10-23)31(39)36-26-13-15-27(16-14-26)38-32(40)29-21-25(34)22-35-30(29)37(33(38)41)28-17-19-42-20-18-28/h9-12,21-22,26-28H,2-8,13-20H2,1H3,(H,36,39)/t26-,27+. The lowest BCUT2D eigenvalue weighted by Crippen LogP contribution is -2.46. The first kappa shape index (κ1) is 30.5. The third kappa shape index (κ3) is 7.16. The molecule has 0 bridgehead atoms. The van der Waals surface area contributed by atoms with E-state index in [1.54, 1.807) is 4.57 Å². The van der Waals surface area contributed by atoms with Gasteiger partial charge < -0.3 is 5.32 Å². The number of amides is 1. The van der Waals surface area contributed by atoms with Gasteiger partial charge in [0.15, 0.2) is 0 Å². The first-order valence-corrected chi connectivity index (χ1v) is 16.9. The van der Waals surface area contributed by atoms with Crippen molar-refractivity contribution in [3.63, 3.8) is 0 Å². The Balaban J connectivity index is 1.22. The van der Waals surface area contributed by atoms with E-state index in [0.29, 0.717) is 31.2 Å². The van der Waals surface area contributed by atoms with Crippen molar-refractivity contribution in [3.8, 4) is 0 Å². The predicted octanol–water partition coefficient (Wildman–Crippen LogP) is 6.58. The molecule has 1 amide bonds. The minimum Gasteiger partial charge on any atom is -0.349 e. The second-order valence-electron chi connectivity index (χ2n) is 11.9. The number of thioether (sulfide) groups is 1. The molecule has 0 unspecified atom stereocenters. The number of aromatic nitrogens is 3. The number of halogens is 1. The maximum Gasteiger partial charge on any atom is 0.333 e. The van der Waals surface area contributed by atoms with E-state index in [0.717, 1.165) is 37.0 Å². The van der Waals surface area contributed by atoms with Crippen molar-refractivity contribution in [1.82, 2.24) is 19.4 Å². The van der Waals surface area contributed by atoms with Crippen LogP contribution in [0.25, 0.3) is 11.0 Å². The van der Waals surface area contributed by atoms with E-state index in [1.807, 2.05) is 23.9 Å². The number of pyridine rings is 1. The highest BCUT2D eigenvalue weighted by Crippen LogP contribution is 2.30. The molecule has 1 aromatic carbocycles. The molecule has 226 valence electrons. The van der Waals surface area contributed by atoms with Gasteiger partial charge in [-0.2, -0.15) is 11.8 Å². The van der Waals surface area contributed by atoms with Crippen LogP contribution in [-0.4, -0.2) is 37.6 Å². The summed E-state index contributed by atoms with van der Waals surface area (Å²) in [6.45, 7) is 2.23. The molecule has 1 aliphatic carbocycles. The largest absolute Gasteiger partial charge is 0.349 e. The quantitative estimate of drug-likeness (QED) is 0.254. The summed E-state index contributed by atoms with van der Waals surface area (Å²) in [6, 6.07) is 8.75. The van der Waals surface area contributed by atoms with Crippen LogP contribution in [0.15, 0.2) is 46.1 Å². The lowest BCUT2D eigenvalue weighted by molar-refractivity contribution is 0.0922. The van der Waals surface area contributed by atoms with Gasteiger partial charge in [0.1, 0.15) is 11.5 Å². The molecule has 0 spiro atoms. The highest BCUT2D eigenvalue weighted by molar-refractivity contribution is 7.99. The Kier molecular flexibility index (Phi) is 10.5. The highest BCUT2D eigenvalue weighted by Gasteiger charge is 2.29. The third-order valence-corrected chi connectivity index (χ3v) is 9.96. The first-order valence-electron chi connectivity index (χ1n) is 15.8. The maximum absolute atomic E-state index is 14.2. The van der Waals surface area contributed by atoms with Gasteiger partial charge in [-0.3, -0.25) is 18.7 Å². The van der Waals surface area contributed by atoms with E-state index in [2.05, 4.69) is 29.4 Å². The van der Waals surface area contributed by atoms with E-state index in [9.17, 15) is 18.8 Å². The molecule has 1 saturated heterocycles. The molecule has 42 heavy (non-hydrogen) atoms. The SMILES string of the molecule is CCCCCCCCc1ccc(C(=O)N[C@H]2CC[C@@H](n3c(=O)c4cc(F)cnc4n(C4CCSCC4)c3=O)CC2)cc1. The Labute approximate surface area is 251 Å². The fourth-order valence-electron chi connectivity index (χ4n) is 6.48. The molecule has 9 heteroatoms. The molecule has 1 saturated carbocycles. The van der Waals surface area contributed by atoms with Gasteiger partial charge in [-0.1, -0.05) is 51.2 Å². The van der Waals surface area contributed by atoms with E-state index in [4.69, 9.17) is 0 Å². The molecule has 5 rings (SSSR count). The number of aryl methyl sites for hydroxylation is 1. The van der Waals surface area contributed by atoms with Gasteiger partial charge in [-0.15, -0.1) is 0 Å². The zero-order chi connectivity index (χ0) is 29.5. The Bertz CT molecular complexity index is 1470. The molecule has 1 aliphatic heterocycles. The zero-order valence-electron chi connectivity index (χ0n) is 24.7. The van der Waals surface area contributed by atoms with Gasteiger partial charge in [-0.25, -0.2) is 14.2 Å². The molecule has 2 fully saturated rings. The van der Waals surface area contributed by atoms with E-state index in [1.165, 1.54) is 54.7 Å². The minimum absolute atomic E-state index is 0.0237. The normalized spacial score (nSPS) is 19.7. The van der Waals surface area contributed by atoms with Gasteiger partial charge in [0, 0.05) is 23.7 Å². The lowest BCUT2D eigenvalue weighted by Gasteiger charge is -2.31. The number of nitrogens with zero attached hydrogens (tertiary/aromatic N) is 3. The number of rotatable bonds is 11. The molecule has 0 atom stereocenters. The van der Waals surface area contributed by atoms with Crippen LogP contribution >= 0.6 is 11.8 Å². The fourth-order valence-corrected chi connectivity index (χ4v) is 7.56. The molecule has 2 aliphatic rings. The van der Waals surface area contributed by atoms with Crippen LogP contribution in [0.3, 0.4) is 0 Å². The summed E-state index contributed by atoms with van der Waals surface area (Å²) < 4.78 is 17.1. The van der Waals surface area contributed by atoms with Crippen LogP contribution in [0.2, 0.25) is 0 Å². The Morgan fingerprint density at radius 2 is 1.60 bits per heavy atom. The van der Waals surface area contributed by atoms with Crippen molar-refractivity contribution in [2.75, 3.05) is 11.5 Å². The van der Waals surface area contributed by atoms with Crippen molar-refractivity contribution in [1.29, 1.82) is 0 Å². The third-order valence-electron chi connectivity index (χ3n) is 8.91. The van der Waals surface area contributed by atoms with Gasteiger partial charge in [0.2, 0.25) is 0 Å². The number of hydrogen-bond donors (Lipinski definition) is 1. The number of unbranched alkanes of at least 4 members (excludes halogenated alkanes) is 5. The predicted molar refractivity (Wildman–Crippen MR) is 168 cm³/mol. The summed E-state index contributed by atoms with van der Waals surface area (Å²) in [5.41, 5.74) is 1.36. The molecule has 3 aromatic rings. The second kappa shape index (κ2) is 14.5. The molecule has 0 radical (unpaired) electrons. The zero-order valence-corrected chi connectivity index (χ0v) is 25.5. The molecule has 1 N–H and O–H groups in total. The summed E-state index contributed by atoms with van der Waals surface area (Å²) in [7, 11) is 0. The fraction of sp³-hybridized carbons (Fsp3) is 0.576. The Morgan fingerprint density at radius 3 is 2.31 bits per heavy atom. The molecular formula is C33H43FN4O3S. The van der Waals surface area contributed by atoms with Gasteiger partial charge in [0.05, 0.1) is 11.6 Å². The smallest absolute Gasteiger partial charge is 0.333 e. The summed E-state index contributed by atoms with van der Waals surface area (Å²) in [5, 5.41) is 3.31. The van der Waals surface area contributed by atoms with Crippen molar-refractivity contribution in [3.05, 3.63) is 74.3 Å². The molecule has 7 nitrogen and oxygen atoms in total. The molecule has 2 aromatic heterocycles. The van der Waals surface area contributed by atoms with E-state index < -0.39 is 11.4 Å². The van der Waals surface area contributed by atoms with Crippen molar-refractivity contribution in [2.45, 2.75) is 109 Å². The summed E-state index contributed by atoms with van der Waals surface area (Å²) in [4.78, 5) is 44.5. The monoisotopic (exact) mass is 594 g/mol. The second-order valence-corrected chi connectivity index (χ2v) is 13.1. The maximum atomic E-state index is 14.2. The summed E-state index contributed by atoms with van der Waals surface area (Å²) in [6.07, 6.45) is 13.9. The van der Waals surface area contributed by atoms with Crippen LogP contribution in [0.5, 0.6) is 0 Å². The number of carbonyl (C=O) groups excluding carboxylic acids is 1. The lowest BCUT2D eigenvalue weighted by atomic mass is 9.90. The summed E-state index contributed by atoms with van der Waals surface area (Å²) in [5.74, 6) is 1.20. The van der Waals surface area contributed by atoms with Gasteiger partial charge in [0.25, 0.3) is 11.5 Å². The van der Waals surface area contributed by atoms with Gasteiger partial charge in [-0.05, 0) is 86.6 Å². The Morgan fingerprint density at radius 1 is 0.929 bits per heavy atom. The number of hydrogen-bond acceptors (Lipinski definition) is 5. The van der Waals surface area contributed by atoms with Gasteiger partial charge >= 0.3 is 5.69 Å². The molecular weight excluding hydrogens is 551 g/mol. The van der Waals surface area contributed by atoms with Crippen molar-refractivity contribution >= 4 is 28.7 Å². The van der Waals surface area contributed by atoms with Crippen LogP contribution in [0.1, 0.15) is 112 Å². The Hall–Kier alpha value is -2.94. The number of benzene rings is 1.